The van der Waals surface area contributed by atoms with E-state index in [0.717, 1.165) is 31.4 Å². The number of anilines is 2. The predicted octanol–water partition coefficient (Wildman–Crippen LogP) is 5.26. The summed E-state index contributed by atoms with van der Waals surface area (Å²) in [5, 5.41) is 5.82. The quantitative estimate of drug-likeness (QED) is 0.349. The first kappa shape index (κ1) is 23.1. The van der Waals surface area contributed by atoms with Crippen molar-refractivity contribution < 1.29 is 19.1 Å². The van der Waals surface area contributed by atoms with Crippen LogP contribution in [-0.2, 0) is 19.1 Å². The molecule has 2 amide bonds. The summed E-state index contributed by atoms with van der Waals surface area (Å²) in [7, 11) is 0. The van der Waals surface area contributed by atoms with Crippen LogP contribution < -0.4 is 10.6 Å². The Morgan fingerprint density at radius 3 is 2.71 bits per heavy atom. The Labute approximate surface area is 209 Å². The van der Waals surface area contributed by atoms with E-state index >= 15 is 0 Å². The van der Waals surface area contributed by atoms with Gasteiger partial charge in [0.15, 0.2) is 6.61 Å². The van der Waals surface area contributed by atoms with E-state index in [1.54, 1.807) is 23.5 Å². The third-order valence-corrected chi connectivity index (χ3v) is 7.72. The van der Waals surface area contributed by atoms with Gasteiger partial charge in [0.1, 0.15) is 5.01 Å². The normalized spacial score (nSPS) is 14.8. The molecule has 3 aromatic carbocycles. The van der Waals surface area contributed by atoms with E-state index in [1.807, 2.05) is 48.5 Å². The van der Waals surface area contributed by atoms with E-state index in [2.05, 4.69) is 28.6 Å². The molecule has 0 unspecified atom stereocenters. The van der Waals surface area contributed by atoms with Crippen molar-refractivity contribution in [1.82, 2.24) is 4.98 Å². The van der Waals surface area contributed by atoms with Crippen LogP contribution in [0.5, 0.6) is 0 Å². The lowest BCUT2D eigenvalue weighted by Gasteiger charge is -2.23. The van der Waals surface area contributed by atoms with Crippen LogP contribution in [0.3, 0.4) is 0 Å². The van der Waals surface area contributed by atoms with Gasteiger partial charge >= 0.3 is 5.97 Å². The number of aromatic nitrogens is 1. The number of nitrogens with one attached hydrogen (secondary N) is 2. The monoisotopic (exact) mass is 503 g/mol. The molecular weight excluding hydrogens is 482 g/mol. The zero-order valence-corrected chi connectivity index (χ0v) is 20.4. The molecule has 0 saturated carbocycles. The molecule has 0 fully saturated rings. The number of ether oxygens (including phenoxy) is 1. The van der Waals surface area contributed by atoms with E-state index < -0.39 is 23.7 Å². The maximum atomic E-state index is 12.3. The van der Waals surface area contributed by atoms with Crippen LogP contribution in [-0.4, -0.2) is 34.6 Å². The van der Waals surface area contributed by atoms with Crippen molar-refractivity contribution in [3.05, 3.63) is 72.3 Å². The molecule has 1 atom stereocenters. The van der Waals surface area contributed by atoms with Crippen LogP contribution in [0.1, 0.15) is 12.0 Å². The molecule has 35 heavy (non-hydrogen) atoms. The highest BCUT2D eigenvalue weighted by Gasteiger charge is 2.29. The molecule has 1 aliphatic rings. The largest absolute Gasteiger partial charge is 0.456 e. The molecule has 2 heterocycles. The summed E-state index contributed by atoms with van der Waals surface area (Å²) in [5.74, 6) is -1.31. The van der Waals surface area contributed by atoms with Gasteiger partial charge in [-0.3, -0.25) is 14.4 Å². The molecule has 0 spiro atoms. The number of thiazole rings is 1. The zero-order valence-electron chi connectivity index (χ0n) is 18.7. The molecule has 7 nitrogen and oxygen atoms in total. The minimum atomic E-state index is -0.603. The Hall–Kier alpha value is -3.69. The Kier molecular flexibility index (Phi) is 6.52. The van der Waals surface area contributed by atoms with Gasteiger partial charge in [-0.1, -0.05) is 18.2 Å². The smallest absolute Gasteiger partial charge is 0.307 e. The number of hydrogen-bond donors (Lipinski definition) is 2. The first-order valence-corrected chi connectivity index (χ1v) is 12.6. The Morgan fingerprint density at radius 2 is 1.89 bits per heavy atom. The number of nitrogens with zero attached hydrogens (tertiary/aromatic N) is 1. The summed E-state index contributed by atoms with van der Waals surface area (Å²) in [6.07, 6.45) is -0.117. The van der Waals surface area contributed by atoms with Gasteiger partial charge in [0, 0.05) is 16.1 Å². The number of hydrogen-bond acceptors (Lipinski definition) is 7. The first-order chi connectivity index (χ1) is 16.9. The van der Waals surface area contributed by atoms with Gasteiger partial charge in [-0.25, -0.2) is 4.98 Å². The molecule has 2 N–H and O–H groups in total. The number of esters is 1. The second kappa shape index (κ2) is 9.89. The van der Waals surface area contributed by atoms with E-state index in [0.29, 0.717) is 5.69 Å². The van der Waals surface area contributed by atoms with E-state index in [4.69, 9.17) is 4.74 Å². The van der Waals surface area contributed by atoms with Gasteiger partial charge in [-0.15, -0.1) is 23.1 Å². The average molecular weight is 504 g/mol. The van der Waals surface area contributed by atoms with Crippen LogP contribution in [0.15, 0.2) is 71.6 Å². The molecular formula is C26H21N3O4S2. The first-order valence-electron chi connectivity index (χ1n) is 10.9. The van der Waals surface area contributed by atoms with Crippen molar-refractivity contribution in [2.45, 2.75) is 23.5 Å². The zero-order chi connectivity index (χ0) is 24.4. The molecule has 4 aromatic rings. The lowest BCUT2D eigenvalue weighted by atomic mass is 10.2. The maximum Gasteiger partial charge on any atom is 0.307 e. The van der Waals surface area contributed by atoms with Gasteiger partial charge in [-0.2, -0.15) is 0 Å². The van der Waals surface area contributed by atoms with Crippen molar-refractivity contribution in [2.24, 2.45) is 0 Å². The Balaban J connectivity index is 1.12. The highest BCUT2D eigenvalue weighted by atomic mass is 32.2. The van der Waals surface area contributed by atoms with Crippen molar-refractivity contribution in [3.8, 4) is 10.6 Å². The third-order valence-electron chi connectivity index (χ3n) is 5.38. The second-order valence-electron chi connectivity index (χ2n) is 8.07. The standard InChI is InChI=1S/C26H21N3O4S2/c1-15-6-11-19-21(12-15)35-26(29-19)16-7-9-17(10-8-16)27-23(30)14-33-24(31)13-22-25(32)28-18-4-2-3-5-20(18)34-22/h2-12,22H,13-14H2,1H3,(H,27,30)(H,28,32)/t22-/m1/s1. The van der Waals surface area contributed by atoms with Crippen LogP contribution >= 0.6 is 23.1 Å². The van der Waals surface area contributed by atoms with Crippen molar-refractivity contribution in [2.75, 3.05) is 17.2 Å². The van der Waals surface area contributed by atoms with Gasteiger partial charge in [0.2, 0.25) is 5.91 Å². The fourth-order valence-electron chi connectivity index (χ4n) is 3.63. The summed E-state index contributed by atoms with van der Waals surface area (Å²) in [6, 6.07) is 20.9. The minimum absolute atomic E-state index is 0.117. The average Bonchev–Trinajstić information content (AvgIpc) is 3.27. The second-order valence-corrected chi connectivity index (χ2v) is 10.3. The van der Waals surface area contributed by atoms with Crippen LogP contribution in [0.4, 0.5) is 11.4 Å². The topological polar surface area (TPSA) is 97.4 Å². The molecule has 1 aromatic heterocycles. The van der Waals surface area contributed by atoms with Crippen LogP contribution in [0.2, 0.25) is 0 Å². The van der Waals surface area contributed by atoms with Crippen molar-refractivity contribution in [3.63, 3.8) is 0 Å². The number of thioether (sulfide) groups is 1. The number of carbonyl (C=O) groups excluding carboxylic acids is 3. The minimum Gasteiger partial charge on any atom is -0.456 e. The number of rotatable bonds is 6. The van der Waals surface area contributed by atoms with Crippen LogP contribution in [0, 0.1) is 6.92 Å². The SMILES string of the molecule is Cc1ccc2nc(-c3ccc(NC(=O)COC(=O)C[C@H]4Sc5ccccc5NC4=O)cc3)sc2c1. The highest BCUT2D eigenvalue weighted by Crippen LogP contribution is 2.36. The fourth-order valence-corrected chi connectivity index (χ4v) is 5.80. The molecule has 1 aliphatic heterocycles. The number of benzene rings is 3. The van der Waals surface area contributed by atoms with Gasteiger partial charge in [0.25, 0.3) is 5.91 Å². The lowest BCUT2D eigenvalue weighted by molar-refractivity contribution is -0.147. The lowest BCUT2D eigenvalue weighted by Crippen LogP contribution is -2.32. The van der Waals surface area contributed by atoms with E-state index in [-0.39, 0.29) is 12.3 Å². The maximum absolute atomic E-state index is 12.3. The molecule has 9 heteroatoms. The number of fused-ring (bicyclic) bond motifs is 2. The summed E-state index contributed by atoms with van der Waals surface area (Å²) < 4.78 is 6.23. The Bertz CT molecular complexity index is 1430. The molecule has 0 radical (unpaired) electrons. The summed E-state index contributed by atoms with van der Waals surface area (Å²) in [4.78, 5) is 42.3. The summed E-state index contributed by atoms with van der Waals surface area (Å²) in [5.41, 5.74) is 4.43. The summed E-state index contributed by atoms with van der Waals surface area (Å²) in [6.45, 7) is 1.63. The van der Waals surface area contributed by atoms with Crippen LogP contribution in [0.25, 0.3) is 20.8 Å². The number of amides is 2. The molecule has 5 rings (SSSR count). The molecule has 0 saturated heterocycles. The molecule has 176 valence electrons. The number of carbonyl (C=O) groups is 3. The molecule has 0 bridgehead atoms. The molecule has 0 aliphatic carbocycles. The third kappa shape index (κ3) is 5.36. The van der Waals surface area contributed by atoms with E-state index in [1.165, 1.54) is 17.3 Å². The highest BCUT2D eigenvalue weighted by molar-refractivity contribution is 8.01. The Morgan fingerprint density at radius 1 is 1.09 bits per heavy atom. The van der Waals surface area contributed by atoms with Crippen molar-refractivity contribution >= 4 is 62.5 Å². The number of para-hydroxylation sites is 1. The fraction of sp³-hybridized carbons (Fsp3) is 0.154. The number of aryl methyl sites for hydroxylation is 1. The van der Waals surface area contributed by atoms with Crippen molar-refractivity contribution in [1.29, 1.82) is 0 Å². The van der Waals surface area contributed by atoms with Gasteiger partial charge in [-0.05, 0) is 61.0 Å². The van der Waals surface area contributed by atoms with Gasteiger partial charge < -0.3 is 15.4 Å². The van der Waals surface area contributed by atoms with Gasteiger partial charge in [0.05, 0.1) is 27.6 Å². The van der Waals surface area contributed by atoms with E-state index in [9.17, 15) is 14.4 Å². The predicted molar refractivity (Wildman–Crippen MR) is 139 cm³/mol. The summed E-state index contributed by atoms with van der Waals surface area (Å²) >= 11 is 2.93.